The molecule has 9 nitrogen and oxygen atoms in total. The number of esters is 2. The maximum Gasteiger partial charge on any atom is 0.472 e. The summed E-state index contributed by atoms with van der Waals surface area (Å²) in [5.74, 6) is -0.820. The highest BCUT2D eigenvalue weighted by molar-refractivity contribution is 7.47. The molecule has 0 aliphatic carbocycles. The summed E-state index contributed by atoms with van der Waals surface area (Å²) in [4.78, 5) is 35.9. The Morgan fingerprint density at radius 1 is 0.356 bits per heavy atom. The molecule has 0 saturated heterocycles. The third kappa shape index (κ3) is 72.7. The van der Waals surface area contributed by atoms with Gasteiger partial charge in [0.05, 0.1) is 27.7 Å². The van der Waals surface area contributed by atoms with E-state index in [2.05, 4.69) is 172 Å². The van der Waals surface area contributed by atoms with Gasteiger partial charge in [0.15, 0.2) is 6.10 Å². The molecule has 10 heteroatoms. The lowest BCUT2D eigenvalue weighted by Gasteiger charge is -2.24. The van der Waals surface area contributed by atoms with Crippen LogP contribution < -0.4 is 0 Å². The van der Waals surface area contributed by atoms with Gasteiger partial charge in [-0.25, -0.2) is 4.57 Å². The molecule has 0 bridgehead atoms. The van der Waals surface area contributed by atoms with Crippen LogP contribution in [0.4, 0.5) is 0 Å². The number of rotatable bonds is 65. The smallest absolute Gasteiger partial charge is 0.462 e. The number of quaternary nitrogens is 1. The van der Waals surface area contributed by atoms with E-state index in [0.29, 0.717) is 17.4 Å². The summed E-state index contributed by atoms with van der Waals surface area (Å²) in [6.45, 7) is 4.29. The van der Waals surface area contributed by atoms with Gasteiger partial charge in [-0.05, 0) is 128 Å². The van der Waals surface area contributed by atoms with E-state index < -0.39 is 26.5 Å². The molecule has 0 fully saturated rings. The summed E-state index contributed by atoms with van der Waals surface area (Å²) in [7, 11) is 1.45. The molecule has 0 aromatic carbocycles. The summed E-state index contributed by atoms with van der Waals surface area (Å²) >= 11 is 0. The van der Waals surface area contributed by atoms with Crippen LogP contribution in [0.25, 0.3) is 0 Å². The van der Waals surface area contributed by atoms with Gasteiger partial charge in [0.1, 0.15) is 19.8 Å². The maximum atomic E-state index is 12.9. The zero-order valence-electron chi connectivity index (χ0n) is 58.3. The highest BCUT2D eigenvalue weighted by atomic mass is 31.2. The number of likely N-dealkylation sites (N-methyl/N-ethyl adjacent to an activating group) is 1. The van der Waals surface area contributed by atoms with E-state index >= 15 is 0 Å². The second kappa shape index (κ2) is 69.0. The Balaban J connectivity index is 4.14. The molecule has 2 unspecified atom stereocenters. The van der Waals surface area contributed by atoms with Crippen molar-refractivity contribution in [2.24, 2.45) is 0 Å². The molecule has 90 heavy (non-hydrogen) atoms. The van der Waals surface area contributed by atoms with Gasteiger partial charge in [-0.1, -0.05) is 300 Å². The van der Waals surface area contributed by atoms with E-state index in [1.54, 1.807) is 0 Å². The van der Waals surface area contributed by atoms with E-state index in [0.717, 1.165) is 135 Å². The molecule has 0 aromatic rings. The molecule has 0 heterocycles. The number of carbonyl (C=O) groups is 2. The number of phosphoric acid groups is 1. The summed E-state index contributed by atoms with van der Waals surface area (Å²) < 4.78 is 34.7. The van der Waals surface area contributed by atoms with Gasteiger partial charge in [0.2, 0.25) is 0 Å². The van der Waals surface area contributed by atoms with Crippen molar-refractivity contribution in [2.75, 3.05) is 47.5 Å². The van der Waals surface area contributed by atoms with Gasteiger partial charge in [-0.3, -0.25) is 18.6 Å². The molecule has 0 rings (SSSR count). The minimum absolute atomic E-state index is 0.0208. The van der Waals surface area contributed by atoms with Crippen molar-refractivity contribution in [3.63, 3.8) is 0 Å². The average molecular weight is 1270 g/mol. The quantitative estimate of drug-likeness (QED) is 0.0211. The fraction of sp³-hybridized carbons (Fsp3) is 0.650. The van der Waals surface area contributed by atoms with Crippen LogP contribution in [0.3, 0.4) is 0 Å². The number of carbonyl (C=O) groups excluding carboxylic acids is 2. The zero-order valence-corrected chi connectivity index (χ0v) is 59.2. The van der Waals surface area contributed by atoms with Crippen molar-refractivity contribution in [1.29, 1.82) is 0 Å². The predicted molar refractivity (Wildman–Crippen MR) is 390 cm³/mol. The van der Waals surface area contributed by atoms with E-state index in [4.69, 9.17) is 18.5 Å². The molecule has 0 amide bonds. The third-order valence-electron chi connectivity index (χ3n) is 15.0. The second-order valence-corrected chi connectivity index (χ2v) is 26.3. The molecular weight excluding hydrogens is 1130 g/mol. The first-order chi connectivity index (χ1) is 44.0. The monoisotopic (exact) mass is 1270 g/mol. The average Bonchev–Trinajstić information content (AvgIpc) is 3.58. The summed E-state index contributed by atoms with van der Waals surface area (Å²) in [6, 6.07) is 0. The van der Waals surface area contributed by atoms with E-state index in [1.165, 1.54) is 116 Å². The van der Waals surface area contributed by atoms with Crippen molar-refractivity contribution >= 4 is 19.8 Å². The van der Waals surface area contributed by atoms with Crippen LogP contribution >= 0.6 is 7.82 Å². The predicted octanol–water partition coefficient (Wildman–Crippen LogP) is 23.9. The molecule has 2 atom stereocenters. The lowest BCUT2D eigenvalue weighted by atomic mass is 10.0. The number of phosphoric ester groups is 1. The van der Waals surface area contributed by atoms with Crippen molar-refractivity contribution in [3.8, 4) is 0 Å². The van der Waals surface area contributed by atoms with Crippen LogP contribution in [-0.4, -0.2) is 74.9 Å². The SMILES string of the molecule is CC/C=C\C/C=C\C/C=C\C/C=C\C/C=C\C/C=C\C/C=C\C/C=C\C/C=C\C/C=C\CCCCCCCCC(=O)OC(COC(=O)CCCCCCCCCCCCCCCC/C=C\C/C=C\C/C=C\CCCCCCC)COP(=O)(O)OCC[N+](C)(C)C. The minimum atomic E-state index is -4.41. The largest absolute Gasteiger partial charge is 0.472 e. The van der Waals surface area contributed by atoms with Crippen molar-refractivity contribution < 1.29 is 42.1 Å². The van der Waals surface area contributed by atoms with Gasteiger partial charge in [0.25, 0.3) is 0 Å². The lowest BCUT2D eigenvalue weighted by molar-refractivity contribution is -0.870. The molecule has 0 saturated carbocycles. The number of nitrogens with zero attached hydrogens (tertiary/aromatic N) is 1. The summed E-state index contributed by atoms with van der Waals surface area (Å²) in [5, 5.41) is 0. The van der Waals surface area contributed by atoms with E-state index in [1.807, 2.05) is 21.1 Å². The number of unbranched alkanes of at least 4 members (excludes halogenated alkanes) is 25. The van der Waals surface area contributed by atoms with Gasteiger partial charge >= 0.3 is 19.8 Å². The Hall–Kier alpha value is -4.37. The fourth-order valence-electron chi connectivity index (χ4n) is 9.52. The Labute approximate surface area is 554 Å². The molecule has 0 aromatic heterocycles. The number of ether oxygens (including phenoxy) is 2. The first-order valence-corrected chi connectivity index (χ1v) is 37.7. The van der Waals surface area contributed by atoms with Crippen LogP contribution in [0.5, 0.6) is 0 Å². The van der Waals surface area contributed by atoms with Gasteiger partial charge in [-0.2, -0.15) is 0 Å². The Morgan fingerprint density at radius 2 is 0.633 bits per heavy atom. The number of hydrogen-bond donors (Lipinski definition) is 1. The number of hydrogen-bond acceptors (Lipinski definition) is 7. The normalized spacial score (nSPS) is 14.1. The molecule has 0 spiro atoms. The van der Waals surface area contributed by atoms with E-state index in [-0.39, 0.29) is 32.0 Å². The second-order valence-electron chi connectivity index (χ2n) is 24.9. The molecule has 0 radical (unpaired) electrons. The van der Waals surface area contributed by atoms with Crippen molar-refractivity contribution in [1.82, 2.24) is 0 Å². The number of allylic oxidation sites excluding steroid dienone is 26. The highest BCUT2D eigenvalue weighted by Crippen LogP contribution is 2.43. The molecule has 0 aliphatic heterocycles. The summed E-state index contributed by atoms with van der Waals surface area (Å²) in [6.07, 6.45) is 103. The van der Waals surface area contributed by atoms with E-state index in [9.17, 15) is 19.0 Å². The fourth-order valence-corrected chi connectivity index (χ4v) is 10.3. The van der Waals surface area contributed by atoms with Crippen LogP contribution in [0, 0.1) is 0 Å². The standard InChI is InChI=1S/C80H134NO8P/c1-6-8-10-12-14-16-18-20-22-24-26-28-30-32-34-36-37-38-39-40-41-42-43-45-47-49-51-53-55-57-59-61-63-65-67-69-71-73-80(83)89-78(77-88-90(84,85)87-75-74-81(3,4)5)76-86-79(82)72-70-68-66-64-62-60-58-56-54-52-50-48-46-44-35-33-31-29-27-25-23-21-19-17-15-13-11-9-7-2/h8,10,14,16,19-22,25-28,31-34,37-38,40-41,43,45,49,51,55,57,78H,6-7,9,11-13,15,17-18,23-24,29-30,35-36,39,42,44,46-48,50,52-54,56,58-77H2,1-5H3/p+1/b10-8-,16-14-,21-19-,22-20-,27-25-,28-26-,33-31-,34-32-,38-37-,41-40-,45-43-,51-49-,57-55-. The van der Waals surface area contributed by atoms with Gasteiger partial charge in [0, 0.05) is 12.8 Å². The zero-order chi connectivity index (χ0) is 65.5. The first-order valence-electron chi connectivity index (χ1n) is 36.2. The maximum absolute atomic E-state index is 12.9. The molecular formula is C80H135NO8P+. The molecule has 0 aliphatic rings. The Morgan fingerprint density at radius 3 is 0.944 bits per heavy atom. The molecule has 1 N–H and O–H groups in total. The van der Waals surface area contributed by atoms with Crippen LogP contribution in [0.1, 0.15) is 284 Å². The molecule has 512 valence electrons. The highest BCUT2D eigenvalue weighted by Gasteiger charge is 2.27. The van der Waals surface area contributed by atoms with Crippen LogP contribution in [-0.2, 0) is 32.7 Å². The van der Waals surface area contributed by atoms with Crippen LogP contribution in [0.15, 0.2) is 158 Å². The Bertz CT molecular complexity index is 2080. The van der Waals surface area contributed by atoms with Gasteiger partial charge in [-0.15, -0.1) is 0 Å². The van der Waals surface area contributed by atoms with Crippen molar-refractivity contribution in [3.05, 3.63) is 158 Å². The van der Waals surface area contributed by atoms with Crippen LogP contribution in [0.2, 0.25) is 0 Å². The Kier molecular flexibility index (Phi) is 65.6. The summed E-state index contributed by atoms with van der Waals surface area (Å²) in [5.41, 5.74) is 0. The lowest BCUT2D eigenvalue weighted by Crippen LogP contribution is -2.37. The van der Waals surface area contributed by atoms with Gasteiger partial charge < -0.3 is 18.9 Å². The first kappa shape index (κ1) is 85.6. The van der Waals surface area contributed by atoms with Crippen molar-refractivity contribution in [2.45, 2.75) is 290 Å². The minimum Gasteiger partial charge on any atom is -0.462 e. The third-order valence-corrected chi connectivity index (χ3v) is 16.0. The topological polar surface area (TPSA) is 108 Å².